The molecule has 0 heterocycles. The summed E-state index contributed by atoms with van der Waals surface area (Å²) in [4.78, 5) is 0. The van der Waals surface area contributed by atoms with E-state index in [1.54, 1.807) is 18.2 Å². The van der Waals surface area contributed by atoms with Crippen molar-refractivity contribution < 1.29 is 4.39 Å². The van der Waals surface area contributed by atoms with Crippen LogP contribution in [0, 0.1) is 5.82 Å². The third-order valence-corrected chi connectivity index (χ3v) is 3.62. The second kappa shape index (κ2) is 4.46. The molecule has 0 fully saturated rings. The molecule has 2 rings (SSSR count). The summed E-state index contributed by atoms with van der Waals surface area (Å²) in [5, 5.41) is 0. The monoisotopic (exact) mass is 247 g/mol. The number of benzene rings is 1. The highest BCUT2D eigenvalue weighted by molar-refractivity contribution is 5.36. The van der Waals surface area contributed by atoms with Gasteiger partial charge < -0.3 is 17.2 Å². The van der Waals surface area contributed by atoms with Crippen molar-refractivity contribution in [2.45, 2.75) is 24.8 Å². The minimum absolute atomic E-state index is 0.0287. The van der Waals surface area contributed by atoms with E-state index in [0.29, 0.717) is 17.8 Å². The number of hydrogen-bond donors (Lipinski definition) is 3. The first-order chi connectivity index (χ1) is 8.42. The molecule has 6 N–H and O–H groups in total. The highest BCUT2D eigenvalue weighted by atomic mass is 19.1. The quantitative estimate of drug-likeness (QED) is 0.744. The standard InChI is InChI=1S/C14H18FN3/c1-9(10-2-4-11(15)5-3-10)14(18)7-6-12(16)13(17)8-14/h2-7,9H,8,16-18H2,1H3. The van der Waals surface area contributed by atoms with Gasteiger partial charge in [0.25, 0.3) is 0 Å². The molecule has 4 heteroatoms. The minimum Gasteiger partial charge on any atom is -0.400 e. The van der Waals surface area contributed by atoms with Crippen molar-refractivity contribution in [3.8, 4) is 0 Å². The van der Waals surface area contributed by atoms with Crippen LogP contribution in [-0.2, 0) is 0 Å². The maximum absolute atomic E-state index is 12.9. The van der Waals surface area contributed by atoms with Crippen molar-refractivity contribution in [1.29, 1.82) is 0 Å². The number of halogens is 1. The van der Waals surface area contributed by atoms with Gasteiger partial charge >= 0.3 is 0 Å². The highest BCUT2D eigenvalue weighted by Crippen LogP contribution is 2.34. The van der Waals surface area contributed by atoms with E-state index in [2.05, 4.69) is 0 Å². The molecule has 1 aromatic rings. The molecular formula is C14H18FN3. The Bertz CT molecular complexity index is 504. The highest BCUT2D eigenvalue weighted by Gasteiger charge is 2.33. The molecule has 1 aromatic carbocycles. The average Bonchev–Trinajstić information content (AvgIpc) is 2.34. The fraction of sp³-hybridized carbons (Fsp3) is 0.286. The summed E-state index contributed by atoms with van der Waals surface area (Å²) < 4.78 is 12.9. The first kappa shape index (κ1) is 12.6. The zero-order valence-electron chi connectivity index (χ0n) is 10.4. The minimum atomic E-state index is -0.579. The van der Waals surface area contributed by atoms with Crippen LogP contribution in [0.4, 0.5) is 4.39 Å². The fourth-order valence-corrected chi connectivity index (χ4v) is 2.20. The maximum atomic E-state index is 12.9. The van der Waals surface area contributed by atoms with Crippen molar-refractivity contribution in [2.75, 3.05) is 0 Å². The van der Waals surface area contributed by atoms with Gasteiger partial charge in [-0.25, -0.2) is 4.39 Å². The number of rotatable bonds is 2. The van der Waals surface area contributed by atoms with Gasteiger partial charge in [0, 0.05) is 23.6 Å². The van der Waals surface area contributed by atoms with E-state index < -0.39 is 5.54 Å². The average molecular weight is 247 g/mol. The predicted molar refractivity (Wildman–Crippen MR) is 70.9 cm³/mol. The molecule has 0 aromatic heterocycles. The van der Waals surface area contributed by atoms with Crippen molar-refractivity contribution in [3.05, 3.63) is 59.2 Å². The van der Waals surface area contributed by atoms with Gasteiger partial charge in [0.05, 0.1) is 5.70 Å². The van der Waals surface area contributed by atoms with E-state index in [0.717, 1.165) is 5.56 Å². The molecular weight excluding hydrogens is 229 g/mol. The second-order valence-corrected chi connectivity index (χ2v) is 4.88. The fourth-order valence-electron chi connectivity index (χ4n) is 2.20. The van der Waals surface area contributed by atoms with E-state index in [4.69, 9.17) is 17.2 Å². The zero-order chi connectivity index (χ0) is 13.3. The largest absolute Gasteiger partial charge is 0.400 e. The van der Waals surface area contributed by atoms with Gasteiger partial charge in [-0.2, -0.15) is 0 Å². The van der Waals surface area contributed by atoms with Crippen molar-refractivity contribution in [3.63, 3.8) is 0 Å². The van der Waals surface area contributed by atoms with Crippen LogP contribution in [-0.4, -0.2) is 5.54 Å². The summed E-state index contributed by atoms with van der Waals surface area (Å²) >= 11 is 0. The topological polar surface area (TPSA) is 78.1 Å². The third kappa shape index (κ3) is 2.24. The molecule has 3 nitrogen and oxygen atoms in total. The summed E-state index contributed by atoms with van der Waals surface area (Å²) in [6, 6.07) is 6.38. The van der Waals surface area contributed by atoms with Gasteiger partial charge in [-0.05, 0) is 23.8 Å². The lowest BCUT2D eigenvalue weighted by molar-refractivity contribution is 0.433. The molecule has 0 aliphatic heterocycles. The molecule has 0 spiro atoms. The van der Waals surface area contributed by atoms with Crippen LogP contribution < -0.4 is 17.2 Å². The molecule has 0 radical (unpaired) electrons. The van der Waals surface area contributed by atoms with Crippen LogP contribution in [0.1, 0.15) is 24.8 Å². The van der Waals surface area contributed by atoms with E-state index in [1.807, 2.05) is 13.0 Å². The Hall–Kier alpha value is -1.81. The van der Waals surface area contributed by atoms with Crippen LogP contribution in [0.2, 0.25) is 0 Å². The molecule has 2 atom stereocenters. The molecule has 1 aliphatic rings. The van der Waals surface area contributed by atoms with Crippen molar-refractivity contribution in [2.24, 2.45) is 17.2 Å². The van der Waals surface area contributed by atoms with Gasteiger partial charge in [0.15, 0.2) is 0 Å². The molecule has 0 amide bonds. The molecule has 96 valence electrons. The second-order valence-electron chi connectivity index (χ2n) is 4.88. The zero-order valence-corrected chi connectivity index (χ0v) is 10.4. The Kier molecular flexibility index (Phi) is 3.13. The smallest absolute Gasteiger partial charge is 0.123 e. The number of hydrogen-bond acceptors (Lipinski definition) is 3. The number of nitrogens with two attached hydrogens (primary N) is 3. The Morgan fingerprint density at radius 3 is 2.39 bits per heavy atom. The maximum Gasteiger partial charge on any atom is 0.123 e. The van der Waals surface area contributed by atoms with Crippen molar-refractivity contribution in [1.82, 2.24) is 0 Å². The van der Waals surface area contributed by atoms with E-state index in [-0.39, 0.29) is 11.7 Å². The van der Waals surface area contributed by atoms with E-state index >= 15 is 0 Å². The Morgan fingerprint density at radius 1 is 1.22 bits per heavy atom. The predicted octanol–water partition coefficient (Wildman–Crippen LogP) is 1.72. The molecule has 1 aliphatic carbocycles. The van der Waals surface area contributed by atoms with Crippen LogP contribution in [0.3, 0.4) is 0 Å². The van der Waals surface area contributed by atoms with Crippen molar-refractivity contribution >= 4 is 0 Å². The van der Waals surface area contributed by atoms with Gasteiger partial charge in [-0.3, -0.25) is 0 Å². The molecule has 18 heavy (non-hydrogen) atoms. The normalized spacial score (nSPS) is 25.3. The van der Waals surface area contributed by atoms with Crippen LogP contribution in [0.25, 0.3) is 0 Å². The van der Waals surface area contributed by atoms with Crippen LogP contribution >= 0.6 is 0 Å². The van der Waals surface area contributed by atoms with E-state index in [9.17, 15) is 4.39 Å². The molecule has 0 bridgehead atoms. The summed E-state index contributed by atoms with van der Waals surface area (Å²) in [6.45, 7) is 2.01. The summed E-state index contributed by atoms with van der Waals surface area (Å²) in [6.07, 6.45) is 4.14. The third-order valence-electron chi connectivity index (χ3n) is 3.62. The van der Waals surface area contributed by atoms with E-state index in [1.165, 1.54) is 12.1 Å². The summed E-state index contributed by atoms with van der Waals surface area (Å²) in [7, 11) is 0. The first-order valence-electron chi connectivity index (χ1n) is 5.90. The van der Waals surface area contributed by atoms with Gasteiger partial charge in [-0.15, -0.1) is 0 Å². The summed E-state index contributed by atoms with van der Waals surface area (Å²) in [5.41, 5.74) is 19.5. The SMILES string of the molecule is CC(c1ccc(F)cc1)C1(N)C=CC(N)=C(N)C1. The van der Waals surface area contributed by atoms with Gasteiger partial charge in [-0.1, -0.05) is 25.1 Å². The Balaban J connectivity index is 2.27. The lowest BCUT2D eigenvalue weighted by atomic mass is 9.76. The molecule has 2 unspecified atom stereocenters. The molecule has 0 saturated heterocycles. The Morgan fingerprint density at radius 2 is 1.83 bits per heavy atom. The Labute approximate surface area is 106 Å². The molecule has 0 saturated carbocycles. The summed E-state index contributed by atoms with van der Waals surface area (Å²) in [5.74, 6) is -0.221. The number of allylic oxidation sites excluding steroid dienone is 1. The van der Waals surface area contributed by atoms with Crippen LogP contribution in [0.5, 0.6) is 0 Å². The van der Waals surface area contributed by atoms with Gasteiger partial charge in [0.1, 0.15) is 5.82 Å². The lowest BCUT2D eigenvalue weighted by Crippen LogP contribution is -2.46. The lowest BCUT2D eigenvalue weighted by Gasteiger charge is -2.35. The first-order valence-corrected chi connectivity index (χ1v) is 5.90. The van der Waals surface area contributed by atoms with Gasteiger partial charge in [0.2, 0.25) is 0 Å². The van der Waals surface area contributed by atoms with Crippen LogP contribution in [0.15, 0.2) is 47.8 Å².